The minimum Gasteiger partial charge on any atom is -0.497 e. The maximum Gasteiger partial charge on any atom is 0.340 e. The highest BCUT2D eigenvalue weighted by molar-refractivity contribution is 5.89. The Morgan fingerprint density at radius 2 is 1.71 bits per heavy atom. The first-order valence-electron chi connectivity index (χ1n) is 6.27. The molecule has 0 amide bonds. The van der Waals surface area contributed by atoms with Crippen molar-refractivity contribution in [3.05, 3.63) is 59.4 Å². The van der Waals surface area contributed by atoms with Gasteiger partial charge in [-0.15, -0.1) is 0 Å². The van der Waals surface area contributed by atoms with Gasteiger partial charge in [0.2, 0.25) is 0 Å². The molecule has 0 saturated carbocycles. The second kappa shape index (κ2) is 6.74. The fourth-order valence-corrected chi connectivity index (χ4v) is 1.75. The second-order valence-corrected chi connectivity index (χ2v) is 4.27. The summed E-state index contributed by atoms with van der Waals surface area (Å²) in [5.41, 5.74) is 0.808. The molecular weight excluding hydrogens is 275 g/mol. The summed E-state index contributed by atoms with van der Waals surface area (Å²) in [7, 11) is 2.80. The first-order valence-corrected chi connectivity index (χ1v) is 6.27. The summed E-state index contributed by atoms with van der Waals surface area (Å²) in [6.07, 6.45) is 0. The highest BCUT2D eigenvalue weighted by atomic mass is 19.1. The largest absolute Gasteiger partial charge is 0.497 e. The lowest BCUT2D eigenvalue weighted by molar-refractivity contribution is 0.0595. The predicted molar refractivity (Wildman–Crippen MR) is 75.1 cm³/mol. The fourth-order valence-electron chi connectivity index (χ4n) is 1.75. The molecule has 0 aliphatic rings. The van der Waals surface area contributed by atoms with Gasteiger partial charge in [-0.1, -0.05) is 12.1 Å². The number of ether oxygens (including phenoxy) is 3. The average molecular weight is 290 g/mol. The summed E-state index contributed by atoms with van der Waals surface area (Å²) < 4.78 is 28.7. The first-order chi connectivity index (χ1) is 10.1. The number of carbonyl (C=O) groups excluding carboxylic acids is 1. The van der Waals surface area contributed by atoms with Crippen molar-refractivity contribution in [1.82, 2.24) is 0 Å². The van der Waals surface area contributed by atoms with E-state index in [0.717, 1.165) is 17.4 Å². The van der Waals surface area contributed by atoms with E-state index in [9.17, 15) is 9.18 Å². The fraction of sp³-hybridized carbons (Fsp3) is 0.188. The molecule has 0 N–H and O–H groups in total. The summed E-state index contributed by atoms with van der Waals surface area (Å²) in [5, 5.41) is 0. The van der Waals surface area contributed by atoms with Crippen LogP contribution in [0.2, 0.25) is 0 Å². The molecule has 0 aliphatic heterocycles. The van der Waals surface area contributed by atoms with Gasteiger partial charge in [-0.05, 0) is 29.8 Å². The molecule has 0 aromatic heterocycles. The van der Waals surface area contributed by atoms with Crippen molar-refractivity contribution in [3.8, 4) is 11.5 Å². The number of halogens is 1. The van der Waals surface area contributed by atoms with E-state index in [1.165, 1.54) is 19.2 Å². The van der Waals surface area contributed by atoms with Gasteiger partial charge in [-0.3, -0.25) is 0 Å². The van der Waals surface area contributed by atoms with Crippen molar-refractivity contribution < 1.29 is 23.4 Å². The highest BCUT2D eigenvalue weighted by Crippen LogP contribution is 2.19. The Labute approximate surface area is 122 Å². The van der Waals surface area contributed by atoms with Crippen LogP contribution in [-0.2, 0) is 11.3 Å². The molecule has 21 heavy (non-hydrogen) atoms. The molecule has 0 bridgehead atoms. The van der Waals surface area contributed by atoms with E-state index in [1.54, 1.807) is 7.11 Å². The summed E-state index contributed by atoms with van der Waals surface area (Å²) in [5.74, 6) is -0.286. The SMILES string of the molecule is COC(=O)c1ccc(OCc2ccc(OC)cc2)cc1F. The summed E-state index contributed by atoms with van der Waals surface area (Å²) in [4.78, 5) is 11.3. The minimum atomic E-state index is -0.714. The van der Waals surface area contributed by atoms with E-state index >= 15 is 0 Å². The van der Waals surface area contributed by atoms with Gasteiger partial charge in [0.1, 0.15) is 23.9 Å². The lowest BCUT2D eigenvalue weighted by Gasteiger charge is -2.08. The molecule has 0 heterocycles. The third-order valence-corrected chi connectivity index (χ3v) is 2.91. The molecule has 110 valence electrons. The third kappa shape index (κ3) is 3.72. The van der Waals surface area contributed by atoms with Crippen LogP contribution in [0.1, 0.15) is 15.9 Å². The molecule has 0 unspecified atom stereocenters. The lowest BCUT2D eigenvalue weighted by Crippen LogP contribution is -2.05. The Kier molecular flexibility index (Phi) is 4.77. The van der Waals surface area contributed by atoms with E-state index in [0.29, 0.717) is 12.4 Å². The number of hydrogen-bond acceptors (Lipinski definition) is 4. The van der Waals surface area contributed by atoms with Crippen LogP contribution in [0.15, 0.2) is 42.5 Å². The van der Waals surface area contributed by atoms with Crippen LogP contribution >= 0.6 is 0 Å². The van der Waals surface area contributed by atoms with Crippen molar-refractivity contribution in [2.24, 2.45) is 0 Å². The van der Waals surface area contributed by atoms with Crippen LogP contribution in [0, 0.1) is 5.82 Å². The smallest absolute Gasteiger partial charge is 0.340 e. The quantitative estimate of drug-likeness (QED) is 0.793. The summed E-state index contributed by atoms with van der Waals surface area (Å²) >= 11 is 0. The van der Waals surface area contributed by atoms with Crippen molar-refractivity contribution >= 4 is 5.97 Å². The lowest BCUT2D eigenvalue weighted by atomic mass is 10.2. The van der Waals surface area contributed by atoms with Crippen LogP contribution < -0.4 is 9.47 Å². The van der Waals surface area contributed by atoms with Gasteiger partial charge < -0.3 is 14.2 Å². The highest BCUT2D eigenvalue weighted by Gasteiger charge is 2.12. The van der Waals surface area contributed by atoms with Gasteiger partial charge in [0.25, 0.3) is 0 Å². The Hall–Kier alpha value is -2.56. The zero-order valence-electron chi connectivity index (χ0n) is 11.8. The topological polar surface area (TPSA) is 44.8 Å². The molecule has 2 rings (SSSR count). The molecule has 0 fully saturated rings. The Morgan fingerprint density at radius 1 is 1.05 bits per heavy atom. The normalized spacial score (nSPS) is 10.0. The van der Waals surface area contributed by atoms with Crippen molar-refractivity contribution in [1.29, 1.82) is 0 Å². The molecule has 0 spiro atoms. The number of methoxy groups -OCH3 is 2. The second-order valence-electron chi connectivity index (χ2n) is 4.27. The summed E-state index contributed by atoms with van der Waals surface area (Å²) in [6, 6.07) is 11.4. The monoisotopic (exact) mass is 290 g/mol. The molecule has 0 aliphatic carbocycles. The van der Waals surface area contributed by atoms with E-state index in [4.69, 9.17) is 9.47 Å². The number of carbonyl (C=O) groups is 1. The van der Waals surface area contributed by atoms with E-state index in [-0.39, 0.29) is 5.56 Å². The van der Waals surface area contributed by atoms with Crippen molar-refractivity contribution in [2.45, 2.75) is 6.61 Å². The van der Waals surface area contributed by atoms with Crippen LogP contribution in [0.5, 0.6) is 11.5 Å². The van der Waals surface area contributed by atoms with Gasteiger partial charge in [0.15, 0.2) is 0 Å². The van der Waals surface area contributed by atoms with Gasteiger partial charge in [-0.2, -0.15) is 0 Å². The first kappa shape index (κ1) is 14.8. The molecule has 2 aromatic carbocycles. The minimum absolute atomic E-state index is 0.116. The maximum atomic E-state index is 13.7. The zero-order chi connectivity index (χ0) is 15.2. The Morgan fingerprint density at radius 3 is 2.29 bits per heavy atom. The molecule has 0 radical (unpaired) electrons. The van der Waals surface area contributed by atoms with Crippen LogP contribution in [0.4, 0.5) is 4.39 Å². The van der Waals surface area contributed by atoms with Gasteiger partial charge in [-0.25, -0.2) is 9.18 Å². The maximum absolute atomic E-state index is 13.7. The molecule has 0 atom stereocenters. The molecule has 0 saturated heterocycles. The van der Waals surface area contributed by atoms with Gasteiger partial charge in [0.05, 0.1) is 19.8 Å². The van der Waals surface area contributed by atoms with Crippen molar-refractivity contribution in [3.63, 3.8) is 0 Å². The number of esters is 1. The third-order valence-electron chi connectivity index (χ3n) is 2.91. The van der Waals surface area contributed by atoms with E-state index < -0.39 is 11.8 Å². The predicted octanol–water partition coefficient (Wildman–Crippen LogP) is 3.20. The average Bonchev–Trinajstić information content (AvgIpc) is 2.52. The van der Waals surface area contributed by atoms with Gasteiger partial charge in [0, 0.05) is 6.07 Å². The number of benzene rings is 2. The molecule has 2 aromatic rings. The number of rotatable bonds is 5. The standard InChI is InChI=1S/C16H15FO4/c1-19-12-5-3-11(4-6-12)10-21-13-7-8-14(15(17)9-13)16(18)20-2/h3-9H,10H2,1-2H3. The molecular formula is C16H15FO4. The van der Waals surface area contributed by atoms with E-state index in [1.807, 2.05) is 24.3 Å². The number of hydrogen-bond donors (Lipinski definition) is 0. The van der Waals surface area contributed by atoms with Gasteiger partial charge >= 0.3 is 5.97 Å². The van der Waals surface area contributed by atoms with Crippen LogP contribution in [-0.4, -0.2) is 20.2 Å². The molecule has 5 heteroatoms. The Bertz CT molecular complexity index is 623. The van der Waals surface area contributed by atoms with Crippen molar-refractivity contribution in [2.75, 3.05) is 14.2 Å². The molecule has 4 nitrogen and oxygen atoms in total. The summed E-state index contributed by atoms with van der Waals surface area (Å²) in [6.45, 7) is 0.293. The Balaban J connectivity index is 2.03. The zero-order valence-corrected chi connectivity index (χ0v) is 11.8. The van der Waals surface area contributed by atoms with E-state index in [2.05, 4.69) is 4.74 Å². The van der Waals surface area contributed by atoms with Crippen LogP contribution in [0.25, 0.3) is 0 Å². The van der Waals surface area contributed by atoms with Crippen LogP contribution in [0.3, 0.4) is 0 Å².